The van der Waals surface area contributed by atoms with Crippen molar-refractivity contribution in [3.8, 4) is 0 Å². The largest absolute Gasteiger partial charge is 0.370 e. The molecule has 1 aromatic rings. The van der Waals surface area contributed by atoms with Crippen LogP contribution >= 0.6 is 15.9 Å². The van der Waals surface area contributed by atoms with Crippen molar-refractivity contribution < 1.29 is 4.39 Å². The Balaban J connectivity index is 1.97. The Morgan fingerprint density at radius 1 is 1.50 bits per heavy atom. The Bertz CT molecular complexity index is 409. The molecule has 1 fully saturated rings. The van der Waals surface area contributed by atoms with E-state index in [-0.39, 0.29) is 5.82 Å². The number of nitrogens with one attached hydrogen (secondary N) is 1. The third-order valence-corrected chi connectivity index (χ3v) is 4.02. The van der Waals surface area contributed by atoms with Crippen LogP contribution in [0, 0.1) is 11.7 Å². The van der Waals surface area contributed by atoms with Crippen LogP contribution in [0.3, 0.4) is 0 Å². The molecule has 0 aromatic heterocycles. The summed E-state index contributed by atoms with van der Waals surface area (Å²) in [7, 11) is 0. The molecule has 1 atom stereocenters. The Kier molecular flexibility index (Phi) is 4.62. The number of hydrogen-bond acceptors (Lipinski definition) is 2. The molecule has 2 nitrogen and oxygen atoms in total. The molecule has 1 aliphatic rings. The summed E-state index contributed by atoms with van der Waals surface area (Å²) in [6.45, 7) is 7.38. The molecule has 1 saturated heterocycles. The van der Waals surface area contributed by atoms with Crippen LogP contribution in [0.1, 0.15) is 20.3 Å². The maximum atomic E-state index is 13.3. The molecule has 0 amide bonds. The van der Waals surface area contributed by atoms with Gasteiger partial charge < -0.3 is 10.2 Å². The molecular weight excluding hydrogens is 295 g/mol. The van der Waals surface area contributed by atoms with Gasteiger partial charge in [-0.2, -0.15) is 0 Å². The van der Waals surface area contributed by atoms with E-state index in [2.05, 4.69) is 40.0 Å². The predicted octanol–water partition coefficient (Wildman–Crippen LogP) is 3.41. The first-order chi connectivity index (χ1) is 8.56. The SMILES string of the molecule is CC(C)NCC1CCN(c2cc(F)ccc2Br)C1. The van der Waals surface area contributed by atoms with Crippen LogP contribution in [0.25, 0.3) is 0 Å². The van der Waals surface area contributed by atoms with Crippen LogP contribution in [-0.2, 0) is 0 Å². The van der Waals surface area contributed by atoms with Gasteiger partial charge in [0.2, 0.25) is 0 Å². The first kappa shape index (κ1) is 13.8. The van der Waals surface area contributed by atoms with Gasteiger partial charge in [0.25, 0.3) is 0 Å². The van der Waals surface area contributed by atoms with Crippen LogP contribution in [0.2, 0.25) is 0 Å². The first-order valence-electron chi connectivity index (χ1n) is 6.49. The van der Waals surface area contributed by atoms with Gasteiger partial charge in [-0.15, -0.1) is 0 Å². The zero-order valence-electron chi connectivity index (χ0n) is 10.9. The smallest absolute Gasteiger partial charge is 0.125 e. The highest BCUT2D eigenvalue weighted by molar-refractivity contribution is 9.10. The molecule has 0 saturated carbocycles. The second-order valence-corrected chi connectivity index (χ2v) is 6.11. The molecule has 1 unspecified atom stereocenters. The molecule has 0 aliphatic carbocycles. The fourth-order valence-electron chi connectivity index (χ4n) is 2.35. The summed E-state index contributed by atoms with van der Waals surface area (Å²) in [6.07, 6.45) is 1.17. The van der Waals surface area contributed by atoms with Gasteiger partial charge >= 0.3 is 0 Å². The van der Waals surface area contributed by atoms with Crippen LogP contribution in [0.5, 0.6) is 0 Å². The minimum atomic E-state index is -0.169. The van der Waals surface area contributed by atoms with E-state index in [0.29, 0.717) is 12.0 Å². The minimum absolute atomic E-state index is 0.169. The number of rotatable bonds is 4. The monoisotopic (exact) mass is 314 g/mol. The summed E-state index contributed by atoms with van der Waals surface area (Å²) in [5.74, 6) is 0.486. The number of benzene rings is 1. The Morgan fingerprint density at radius 3 is 3.00 bits per heavy atom. The molecule has 1 aromatic carbocycles. The van der Waals surface area contributed by atoms with Crippen molar-refractivity contribution in [1.82, 2.24) is 5.32 Å². The second-order valence-electron chi connectivity index (χ2n) is 5.26. The fourth-order valence-corrected chi connectivity index (χ4v) is 2.85. The highest BCUT2D eigenvalue weighted by Crippen LogP contribution is 2.31. The number of nitrogens with zero attached hydrogens (tertiary/aromatic N) is 1. The van der Waals surface area contributed by atoms with Gasteiger partial charge in [-0.3, -0.25) is 0 Å². The Hall–Kier alpha value is -0.610. The average molecular weight is 315 g/mol. The molecule has 0 radical (unpaired) electrons. The molecule has 2 rings (SSSR count). The van der Waals surface area contributed by atoms with E-state index < -0.39 is 0 Å². The zero-order chi connectivity index (χ0) is 13.1. The summed E-state index contributed by atoms with van der Waals surface area (Å²) >= 11 is 3.50. The van der Waals surface area contributed by atoms with E-state index >= 15 is 0 Å². The van der Waals surface area contributed by atoms with Gasteiger partial charge in [0.05, 0.1) is 5.69 Å². The highest BCUT2D eigenvalue weighted by Gasteiger charge is 2.24. The van der Waals surface area contributed by atoms with Crippen LogP contribution in [-0.4, -0.2) is 25.7 Å². The van der Waals surface area contributed by atoms with Crippen molar-refractivity contribution in [3.05, 3.63) is 28.5 Å². The number of hydrogen-bond donors (Lipinski definition) is 1. The minimum Gasteiger partial charge on any atom is -0.370 e. The van der Waals surface area contributed by atoms with Crippen LogP contribution in [0.15, 0.2) is 22.7 Å². The summed E-state index contributed by atoms with van der Waals surface area (Å²) in [6, 6.07) is 5.41. The van der Waals surface area contributed by atoms with Crippen molar-refractivity contribution >= 4 is 21.6 Å². The van der Waals surface area contributed by atoms with Gasteiger partial charge in [0.1, 0.15) is 5.82 Å². The number of anilines is 1. The third-order valence-electron chi connectivity index (χ3n) is 3.35. The molecule has 1 aliphatic heterocycles. The Labute approximate surface area is 117 Å². The lowest BCUT2D eigenvalue weighted by molar-refractivity contribution is 0.480. The summed E-state index contributed by atoms with van der Waals surface area (Å²) in [4.78, 5) is 2.26. The van der Waals surface area contributed by atoms with Crippen molar-refractivity contribution in [2.75, 3.05) is 24.5 Å². The summed E-state index contributed by atoms with van der Waals surface area (Å²) in [5, 5.41) is 3.47. The van der Waals surface area contributed by atoms with E-state index in [9.17, 15) is 4.39 Å². The zero-order valence-corrected chi connectivity index (χ0v) is 12.5. The molecule has 1 heterocycles. The van der Waals surface area contributed by atoms with Gasteiger partial charge in [0.15, 0.2) is 0 Å². The van der Waals surface area contributed by atoms with Crippen LogP contribution < -0.4 is 10.2 Å². The van der Waals surface area contributed by atoms with E-state index in [4.69, 9.17) is 0 Å². The van der Waals surface area contributed by atoms with E-state index in [0.717, 1.165) is 29.8 Å². The third kappa shape index (κ3) is 3.45. The van der Waals surface area contributed by atoms with Crippen molar-refractivity contribution in [2.24, 2.45) is 5.92 Å². The molecule has 100 valence electrons. The predicted molar refractivity (Wildman–Crippen MR) is 77.6 cm³/mol. The quantitative estimate of drug-likeness (QED) is 0.916. The standard InChI is InChI=1S/C14H20BrFN2/c1-10(2)17-8-11-5-6-18(9-11)14-7-12(16)3-4-13(14)15/h3-4,7,10-11,17H,5-6,8-9H2,1-2H3. The summed E-state index contributed by atoms with van der Waals surface area (Å²) in [5.41, 5.74) is 0.974. The lowest BCUT2D eigenvalue weighted by Gasteiger charge is -2.20. The highest BCUT2D eigenvalue weighted by atomic mass is 79.9. The van der Waals surface area contributed by atoms with Gasteiger partial charge in [0, 0.05) is 23.6 Å². The van der Waals surface area contributed by atoms with Gasteiger partial charge in [-0.1, -0.05) is 13.8 Å². The lowest BCUT2D eigenvalue weighted by atomic mass is 10.1. The van der Waals surface area contributed by atoms with Crippen molar-refractivity contribution in [3.63, 3.8) is 0 Å². The molecule has 0 bridgehead atoms. The molecular formula is C14H20BrFN2. The molecule has 4 heteroatoms. The topological polar surface area (TPSA) is 15.3 Å². The second kappa shape index (κ2) is 6.02. The maximum Gasteiger partial charge on any atom is 0.125 e. The van der Waals surface area contributed by atoms with Gasteiger partial charge in [-0.25, -0.2) is 4.39 Å². The summed E-state index contributed by atoms with van der Waals surface area (Å²) < 4.78 is 14.3. The van der Waals surface area contributed by atoms with E-state index in [1.54, 1.807) is 12.1 Å². The molecule has 0 spiro atoms. The Morgan fingerprint density at radius 2 is 2.28 bits per heavy atom. The van der Waals surface area contributed by atoms with Crippen LogP contribution in [0.4, 0.5) is 10.1 Å². The maximum absolute atomic E-state index is 13.3. The van der Waals surface area contributed by atoms with Gasteiger partial charge in [-0.05, 0) is 53.0 Å². The average Bonchev–Trinajstić information content (AvgIpc) is 2.78. The molecule has 18 heavy (non-hydrogen) atoms. The van der Waals surface area contributed by atoms with Crippen molar-refractivity contribution in [2.45, 2.75) is 26.3 Å². The van der Waals surface area contributed by atoms with E-state index in [1.807, 2.05) is 0 Å². The molecule has 1 N–H and O–H groups in total. The first-order valence-corrected chi connectivity index (χ1v) is 7.29. The normalized spacial score (nSPS) is 19.8. The van der Waals surface area contributed by atoms with E-state index in [1.165, 1.54) is 12.5 Å². The lowest BCUT2D eigenvalue weighted by Crippen LogP contribution is -2.30. The fraction of sp³-hybridized carbons (Fsp3) is 0.571. The number of halogens is 2. The van der Waals surface area contributed by atoms with Crippen molar-refractivity contribution in [1.29, 1.82) is 0 Å².